The first-order chi connectivity index (χ1) is 11.2. The third-order valence-corrected chi connectivity index (χ3v) is 4.22. The first-order valence-electron chi connectivity index (χ1n) is 7.92. The number of fused-ring (bicyclic) bond motifs is 1. The summed E-state index contributed by atoms with van der Waals surface area (Å²) in [4.78, 5) is 14.5. The Morgan fingerprint density at radius 1 is 1.26 bits per heavy atom. The van der Waals surface area contributed by atoms with Crippen molar-refractivity contribution in [3.05, 3.63) is 59.7 Å². The lowest BCUT2D eigenvalue weighted by Gasteiger charge is -2.23. The van der Waals surface area contributed by atoms with Crippen molar-refractivity contribution in [2.45, 2.75) is 25.9 Å². The molecule has 0 aromatic heterocycles. The third-order valence-electron chi connectivity index (χ3n) is 4.22. The SMILES string of the molecule is COc1cccc(CNCC(=O)N2c3ccccc3C[C@@H]2C)c1. The topological polar surface area (TPSA) is 41.6 Å². The second-order valence-electron chi connectivity index (χ2n) is 5.90. The Kier molecular flexibility index (Phi) is 4.63. The molecule has 3 rings (SSSR count). The van der Waals surface area contributed by atoms with Crippen LogP contribution in [0.25, 0.3) is 0 Å². The average molecular weight is 310 g/mol. The molecule has 4 nitrogen and oxygen atoms in total. The van der Waals surface area contributed by atoms with Crippen LogP contribution in [0.5, 0.6) is 5.75 Å². The highest BCUT2D eigenvalue weighted by atomic mass is 16.5. The van der Waals surface area contributed by atoms with Crippen molar-refractivity contribution in [2.24, 2.45) is 0 Å². The van der Waals surface area contributed by atoms with Crippen molar-refractivity contribution in [3.8, 4) is 5.75 Å². The van der Waals surface area contributed by atoms with E-state index in [-0.39, 0.29) is 11.9 Å². The van der Waals surface area contributed by atoms with Gasteiger partial charge >= 0.3 is 0 Å². The van der Waals surface area contributed by atoms with Crippen LogP contribution in [0, 0.1) is 0 Å². The molecule has 0 saturated heterocycles. The lowest BCUT2D eigenvalue weighted by Crippen LogP contribution is -2.41. The van der Waals surface area contributed by atoms with E-state index in [4.69, 9.17) is 4.74 Å². The van der Waals surface area contributed by atoms with E-state index < -0.39 is 0 Å². The Labute approximate surface area is 137 Å². The lowest BCUT2D eigenvalue weighted by atomic mass is 10.1. The molecule has 1 aliphatic rings. The number of nitrogens with zero attached hydrogens (tertiary/aromatic N) is 1. The molecule has 2 aromatic rings. The Balaban J connectivity index is 1.59. The minimum Gasteiger partial charge on any atom is -0.497 e. The highest BCUT2D eigenvalue weighted by Crippen LogP contribution is 2.31. The molecule has 1 N–H and O–H groups in total. The molecule has 0 unspecified atom stereocenters. The van der Waals surface area contributed by atoms with Crippen LogP contribution in [0.3, 0.4) is 0 Å². The summed E-state index contributed by atoms with van der Waals surface area (Å²) in [6, 6.07) is 16.2. The quantitative estimate of drug-likeness (QED) is 0.923. The van der Waals surface area contributed by atoms with Gasteiger partial charge in [-0.1, -0.05) is 30.3 Å². The van der Waals surface area contributed by atoms with Gasteiger partial charge in [0.1, 0.15) is 5.75 Å². The highest BCUT2D eigenvalue weighted by molar-refractivity contribution is 5.97. The zero-order chi connectivity index (χ0) is 16.2. The molecule has 0 fully saturated rings. The minimum atomic E-state index is 0.116. The smallest absolute Gasteiger partial charge is 0.241 e. The molecule has 2 aromatic carbocycles. The van der Waals surface area contributed by atoms with E-state index in [9.17, 15) is 4.79 Å². The van der Waals surface area contributed by atoms with E-state index in [0.717, 1.165) is 23.4 Å². The van der Waals surface area contributed by atoms with Crippen LogP contribution >= 0.6 is 0 Å². The van der Waals surface area contributed by atoms with Crippen molar-refractivity contribution in [3.63, 3.8) is 0 Å². The van der Waals surface area contributed by atoms with Crippen LogP contribution in [0.4, 0.5) is 5.69 Å². The summed E-state index contributed by atoms with van der Waals surface area (Å²) in [5.74, 6) is 0.947. The molecule has 1 aliphatic heterocycles. The van der Waals surface area contributed by atoms with Crippen molar-refractivity contribution in [2.75, 3.05) is 18.6 Å². The van der Waals surface area contributed by atoms with Crippen molar-refractivity contribution in [1.29, 1.82) is 0 Å². The molecule has 1 atom stereocenters. The molecule has 23 heavy (non-hydrogen) atoms. The number of rotatable bonds is 5. The van der Waals surface area contributed by atoms with Crippen molar-refractivity contribution in [1.82, 2.24) is 5.32 Å². The number of methoxy groups -OCH3 is 1. The van der Waals surface area contributed by atoms with Crippen LogP contribution < -0.4 is 15.0 Å². The molecule has 0 spiro atoms. The van der Waals surface area contributed by atoms with Gasteiger partial charge in [0.25, 0.3) is 0 Å². The number of anilines is 1. The van der Waals surface area contributed by atoms with Gasteiger partial charge in [0, 0.05) is 18.3 Å². The van der Waals surface area contributed by atoms with E-state index in [1.54, 1.807) is 7.11 Å². The van der Waals surface area contributed by atoms with Crippen LogP contribution in [-0.2, 0) is 17.8 Å². The normalized spacial score (nSPS) is 16.3. The summed E-state index contributed by atoms with van der Waals surface area (Å²) in [5, 5.41) is 3.23. The molecule has 4 heteroatoms. The van der Waals surface area contributed by atoms with Gasteiger partial charge in [0.2, 0.25) is 5.91 Å². The maximum atomic E-state index is 12.6. The largest absolute Gasteiger partial charge is 0.497 e. The van der Waals surface area contributed by atoms with Gasteiger partial charge in [-0.25, -0.2) is 0 Å². The van der Waals surface area contributed by atoms with Crippen molar-refractivity contribution >= 4 is 11.6 Å². The van der Waals surface area contributed by atoms with Crippen LogP contribution in [0.1, 0.15) is 18.1 Å². The number of carbonyl (C=O) groups is 1. The van der Waals surface area contributed by atoms with Crippen molar-refractivity contribution < 1.29 is 9.53 Å². The molecule has 1 amide bonds. The predicted molar refractivity (Wildman–Crippen MR) is 91.8 cm³/mol. The molecule has 0 bridgehead atoms. The number of hydrogen-bond donors (Lipinski definition) is 1. The maximum absolute atomic E-state index is 12.6. The molecule has 0 aliphatic carbocycles. The molecular formula is C19H22N2O2. The van der Waals surface area contributed by atoms with E-state index >= 15 is 0 Å². The first kappa shape index (κ1) is 15.6. The number of nitrogens with one attached hydrogen (secondary N) is 1. The Bertz CT molecular complexity index is 699. The summed E-state index contributed by atoms with van der Waals surface area (Å²) in [6.07, 6.45) is 0.928. The fourth-order valence-corrected chi connectivity index (χ4v) is 3.13. The number of carbonyl (C=O) groups excluding carboxylic acids is 1. The Hall–Kier alpha value is -2.33. The lowest BCUT2D eigenvalue weighted by molar-refractivity contribution is -0.118. The average Bonchev–Trinajstić information content (AvgIpc) is 2.90. The van der Waals surface area contributed by atoms with Gasteiger partial charge in [-0.3, -0.25) is 4.79 Å². The second kappa shape index (κ2) is 6.84. The summed E-state index contributed by atoms with van der Waals surface area (Å²) in [5.41, 5.74) is 3.40. The zero-order valence-corrected chi connectivity index (χ0v) is 13.6. The Morgan fingerprint density at radius 2 is 2.09 bits per heavy atom. The molecule has 120 valence electrons. The highest BCUT2D eigenvalue weighted by Gasteiger charge is 2.29. The Morgan fingerprint density at radius 3 is 2.91 bits per heavy atom. The van der Waals surface area contributed by atoms with Gasteiger partial charge < -0.3 is 15.0 Å². The van der Waals surface area contributed by atoms with Gasteiger partial charge in [-0.15, -0.1) is 0 Å². The number of para-hydroxylation sites is 1. The number of amides is 1. The molecular weight excluding hydrogens is 288 g/mol. The molecule has 1 heterocycles. The molecule has 0 radical (unpaired) electrons. The van der Waals surface area contributed by atoms with Gasteiger partial charge in [0.15, 0.2) is 0 Å². The fourth-order valence-electron chi connectivity index (χ4n) is 3.13. The summed E-state index contributed by atoms with van der Waals surface area (Å²) in [7, 11) is 1.66. The summed E-state index contributed by atoms with van der Waals surface area (Å²) < 4.78 is 5.21. The van der Waals surface area contributed by atoms with E-state index in [1.165, 1.54) is 5.56 Å². The van der Waals surface area contributed by atoms with Crippen LogP contribution in [-0.4, -0.2) is 25.6 Å². The monoisotopic (exact) mass is 310 g/mol. The van der Waals surface area contributed by atoms with Gasteiger partial charge in [-0.2, -0.15) is 0 Å². The third kappa shape index (κ3) is 3.37. The fraction of sp³-hybridized carbons (Fsp3) is 0.316. The van der Waals surface area contributed by atoms with E-state index in [2.05, 4.69) is 18.3 Å². The predicted octanol–water partition coefficient (Wildman–Crippen LogP) is 2.76. The maximum Gasteiger partial charge on any atom is 0.241 e. The van der Waals surface area contributed by atoms with E-state index in [1.807, 2.05) is 47.4 Å². The van der Waals surface area contributed by atoms with Crippen LogP contribution in [0.15, 0.2) is 48.5 Å². The van der Waals surface area contributed by atoms with E-state index in [0.29, 0.717) is 13.1 Å². The minimum absolute atomic E-state index is 0.116. The number of hydrogen-bond acceptors (Lipinski definition) is 3. The summed E-state index contributed by atoms with van der Waals surface area (Å²) >= 11 is 0. The molecule has 0 saturated carbocycles. The second-order valence-corrected chi connectivity index (χ2v) is 5.90. The first-order valence-corrected chi connectivity index (χ1v) is 7.92. The number of benzene rings is 2. The van der Waals surface area contributed by atoms with Gasteiger partial charge in [0.05, 0.1) is 13.7 Å². The van der Waals surface area contributed by atoms with Crippen LogP contribution in [0.2, 0.25) is 0 Å². The summed E-state index contributed by atoms with van der Waals surface area (Å²) in [6.45, 7) is 3.07. The number of ether oxygens (including phenoxy) is 1. The zero-order valence-electron chi connectivity index (χ0n) is 13.6. The standard InChI is InChI=1S/C19H22N2O2/c1-14-10-16-7-3-4-9-18(16)21(14)19(22)13-20-12-15-6-5-8-17(11-15)23-2/h3-9,11,14,20H,10,12-13H2,1-2H3/t14-/m0/s1. The van der Waals surface area contributed by atoms with Gasteiger partial charge in [-0.05, 0) is 42.7 Å².